The Kier molecular flexibility index (Phi) is 9.15. The molecule has 0 radical (unpaired) electrons. The molecule has 1 fully saturated rings. The van der Waals surface area contributed by atoms with E-state index in [1.165, 1.54) is 28.0 Å². The Morgan fingerprint density at radius 1 is 1.00 bits per heavy atom. The van der Waals surface area contributed by atoms with E-state index in [-0.39, 0.29) is 16.5 Å². The minimum atomic E-state index is -1.04. The SMILES string of the molecule is CCOc1ccc(C2/C(=C(/O)c3ccc4c(c3)OCCO4)C(=O)C(=O)N2c2nnc(SCc3ccccc3Cl)s2)cc1OCC. The summed E-state index contributed by atoms with van der Waals surface area (Å²) in [6, 6.07) is 16.5. The molecule has 13 heteroatoms. The molecule has 1 aromatic heterocycles. The molecule has 10 nitrogen and oxygen atoms in total. The lowest BCUT2D eigenvalue weighted by atomic mass is 9.95. The van der Waals surface area contributed by atoms with Gasteiger partial charge in [0.05, 0.1) is 24.8 Å². The maximum Gasteiger partial charge on any atom is 0.301 e. The lowest BCUT2D eigenvalue weighted by Crippen LogP contribution is -2.29. The van der Waals surface area contributed by atoms with Gasteiger partial charge in [0, 0.05) is 16.3 Å². The number of ether oxygens (including phenoxy) is 4. The van der Waals surface area contributed by atoms with Crippen LogP contribution in [0.3, 0.4) is 0 Å². The van der Waals surface area contributed by atoms with E-state index in [9.17, 15) is 14.7 Å². The molecule has 2 aliphatic heterocycles. The number of amides is 1. The Labute approximate surface area is 272 Å². The summed E-state index contributed by atoms with van der Waals surface area (Å²) < 4.78 is 23.5. The number of ketones is 1. The first-order chi connectivity index (χ1) is 21.9. The first-order valence-corrected chi connectivity index (χ1v) is 16.4. The topological polar surface area (TPSA) is 120 Å². The van der Waals surface area contributed by atoms with Gasteiger partial charge in [0.2, 0.25) is 5.13 Å². The van der Waals surface area contributed by atoms with E-state index in [1.807, 2.05) is 38.1 Å². The number of carbonyl (C=O) groups is 2. The molecule has 0 saturated carbocycles. The maximum atomic E-state index is 13.7. The Balaban J connectivity index is 1.43. The lowest BCUT2D eigenvalue weighted by Gasteiger charge is -2.24. The van der Waals surface area contributed by atoms with E-state index in [1.54, 1.807) is 36.4 Å². The number of benzene rings is 3. The predicted molar refractivity (Wildman–Crippen MR) is 172 cm³/mol. The maximum absolute atomic E-state index is 13.7. The fraction of sp³-hybridized carbons (Fsp3) is 0.250. The molecule has 3 aromatic carbocycles. The molecule has 6 rings (SSSR count). The minimum Gasteiger partial charge on any atom is -0.507 e. The number of aromatic nitrogens is 2. The normalized spacial score (nSPS) is 17.0. The van der Waals surface area contributed by atoms with Crippen LogP contribution in [0.1, 0.15) is 36.6 Å². The van der Waals surface area contributed by atoms with Crippen molar-refractivity contribution in [1.82, 2.24) is 10.2 Å². The van der Waals surface area contributed by atoms with Crippen molar-refractivity contribution < 1.29 is 33.6 Å². The fourth-order valence-electron chi connectivity index (χ4n) is 5.04. The lowest BCUT2D eigenvalue weighted by molar-refractivity contribution is -0.132. The Morgan fingerprint density at radius 3 is 2.53 bits per heavy atom. The van der Waals surface area contributed by atoms with Gasteiger partial charge in [0.1, 0.15) is 19.0 Å². The molecule has 2 aliphatic rings. The number of carbonyl (C=O) groups excluding carboxylic acids is 2. The highest BCUT2D eigenvalue weighted by Gasteiger charge is 2.48. The van der Waals surface area contributed by atoms with Crippen LogP contribution in [0.15, 0.2) is 70.6 Å². The molecule has 0 aliphatic carbocycles. The van der Waals surface area contributed by atoms with Gasteiger partial charge in [-0.25, -0.2) is 0 Å². The third-order valence-electron chi connectivity index (χ3n) is 7.05. The zero-order valence-electron chi connectivity index (χ0n) is 24.3. The van der Waals surface area contributed by atoms with Gasteiger partial charge >= 0.3 is 5.91 Å². The predicted octanol–water partition coefficient (Wildman–Crippen LogP) is 6.68. The summed E-state index contributed by atoms with van der Waals surface area (Å²) in [4.78, 5) is 28.7. The summed E-state index contributed by atoms with van der Waals surface area (Å²) in [5.41, 5.74) is 1.63. The molecular formula is C32H28ClN3O7S2. The minimum absolute atomic E-state index is 0.108. The number of halogens is 1. The molecule has 1 unspecified atom stereocenters. The fourth-order valence-corrected chi connectivity index (χ4v) is 7.20. The summed E-state index contributed by atoms with van der Waals surface area (Å²) in [6.45, 7) is 5.25. The quantitative estimate of drug-likeness (QED) is 0.0646. The van der Waals surface area contributed by atoms with Crippen LogP contribution in [0.25, 0.3) is 5.76 Å². The third-order valence-corrected chi connectivity index (χ3v) is 9.53. The van der Waals surface area contributed by atoms with Crippen molar-refractivity contribution in [1.29, 1.82) is 0 Å². The zero-order chi connectivity index (χ0) is 31.5. The molecule has 1 amide bonds. The Bertz CT molecular complexity index is 1790. The van der Waals surface area contributed by atoms with Crippen molar-refractivity contribution in [3.8, 4) is 23.0 Å². The molecule has 0 bridgehead atoms. The Morgan fingerprint density at radius 2 is 1.76 bits per heavy atom. The second-order valence-electron chi connectivity index (χ2n) is 9.83. The molecule has 0 spiro atoms. The number of anilines is 1. The van der Waals surface area contributed by atoms with Crippen LogP contribution in [0, 0.1) is 0 Å². The van der Waals surface area contributed by atoms with E-state index in [0.29, 0.717) is 75.7 Å². The van der Waals surface area contributed by atoms with Crippen LogP contribution in [0.4, 0.5) is 5.13 Å². The van der Waals surface area contributed by atoms with Crippen LogP contribution in [0.5, 0.6) is 23.0 Å². The number of nitrogens with zero attached hydrogens (tertiary/aromatic N) is 3. The van der Waals surface area contributed by atoms with Crippen molar-refractivity contribution in [2.45, 2.75) is 30.0 Å². The highest BCUT2D eigenvalue weighted by molar-refractivity contribution is 8.00. The average molecular weight is 666 g/mol. The molecule has 1 saturated heterocycles. The monoisotopic (exact) mass is 665 g/mol. The molecule has 4 aromatic rings. The van der Waals surface area contributed by atoms with E-state index >= 15 is 0 Å². The number of thioether (sulfide) groups is 1. The molecule has 1 atom stereocenters. The molecular weight excluding hydrogens is 638 g/mol. The third kappa shape index (κ3) is 6.18. The van der Waals surface area contributed by atoms with Gasteiger partial charge in [0.25, 0.3) is 5.78 Å². The molecule has 232 valence electrons. The average Bonchev–Trinajstić information content (AvgIpc) is 3.62. The number of hydrogen-bond donors (Lipinski definition) is 1. The van der Waals surface area contributed by atoms with Crippen LogP contribution in [0.2, 0.25) is 5.02 Å². The van der Waals surface area contributed by atoms with E-state index < -0.39 is 17.7 Å². The standard InChI is InChI=1S/C32H28ClN3O7S2/c1-3-40-22-11-9-18(15-24(22)41-4-2)27-26(28(37)19-10-12-23-25(16-19)43-14-13-42-23)29(38)30(39)36(27)31-34-35-32(45-31)44-17-20-7-5-6-8-21(20)33/h5-12,15-16,27,37H,3-4,13-14,17H2,1-2H3/b28-26-. The van der Waals surface area contributed by atoms with Crippen molar-refractivity contribution in [3.05, 3.63) is 87.9 Å². The number of fused-ring (bicyclic) bond motifs is 1. The number of aliphatic hydroxyl groups excluding tert-OH is 1. The van der Waals surface area contributed by atoms with Gasteiger partial charge in [-0.2, -0.15) is 0 Å². The molecule has 1 N–H and O–H groups in total. The largest absolute Gasteiger partial charge is 0.507 e. The summed E-state index contributed by atoms with van der Waals surface area (Å²) in [7, 11) is 0. The Hall–Kier alpha value is -4.26. The number of Topliss-reactive ketones (excluding diaryl/α,β-unsaturated/α-hetero) is 1. The van der Waals surface area contributed by atoms with Crippen LogP contribution in [-0.4, -0.2) is 53.4 Å². The zero-order valence-corrected chi connectivity index (χ0v) is 26.7. The second-order valence-corrected chi connectivity index (χ2v) is 12.4. The van der Waals surface area contributed by atoms with Crippen molar-refractivity contribution in [3.63, 3.8) is 0 Å². The van der Waals surface area contributed by atoms with Gasteiger partial charge in [-0.3, -0.25) is 14.5 Å². The second kappa shape index (κ2) is 13.4. The highest BCUT2D eigenvalue weighted by Crippen LogP contribution is 2.46. The first kappa shape index (κ1) is 30.8. The number of hydrogen-bond acceptors (Lipinski definition) is 11. The van der Waals surface area contributed by atoms with Gasteiger partial charge in [-0.1, -0.05) is 59.0 Å². The van der Waals surface area contributed by atoms with E-state index in [4.69, 9.17) is 30.5 Å². The summed E-state index contributed by atoms with van der Waals surface area (Å²) >= 11 is 8.90. The van der Waals surface area contributed by atoms with Crippen LogP contribution >= 0.6 is 34.7 Å². The van der Waals surface area contributed by atoms with Crippen molar-refractivity contribution in [2.24, 2.45) is 0 Å². The van der Waals surface area contributed by atoms with E-state index in [0.717, 1.165) is 5.56 Å². The highest BCUT2D eigenvalue weighted by atomic mass is 35.5. The summed E-state index contributed by atoms with van der Waals surface area (Å²) in [6.07, 6.45) is 0. The first-order valence-electron chi connectivity index (χ1n) is 14.2. The van der Waals surface area contributed by atoms with E-state index in [2.05, 4.69) is 10.2 Å². The molecule has 45 heavy (non-hydrogen) atoms. The van der Waals surface area contributed by atoms with Gasteiger partial charge in [-0.05, 0) is 61.4 Å². The summed E-state index contributed by atoms with van der Waals surface area (Å²) in [5, 5.41) is 21.1. The smallest absolute Gasteiger partial charge is 0.301 e. The molecule has 3 heterocycles. The number of rotatable bonds is 10. The van der Waals surface area contributed by atoms with Crippen molar-refractivity contribution >= 4 is 57.3 Å². The summed E-state index contributed by atoms with van der Waals surface area (Å²) in [5.74, 6) is 0.388. The van der Waals surface area contributed by atoms with Crippen molar-refractivity contribution in [2.75, 3.05) is 31.3 Å². The van der Waals surface area contributed by atoms with Crippen LogP contribution < -0.4 is 23.8 Å². The number of aliphatic hydroxyl groups is 1. The van der Waals surface area contributed by atoms with Gasteiger partial charge in [0.15, 0.2) is 27.3 Å². The van der Waals surface area contributed by atoms with Gasteiger partial charge in [-0.15, -0.1) is 10.2 Å². The van der Waals surface area contributed by atoms with Crippen LogP contribution in [-0.2, 0) is 15.3 Å². The van der Waals surface area contributed by atoms with Gasteiger partial charge < -0.3 is 24.1 Å².